The van der Waals surface area contributed by atoms with Gasteiger partial charge >= 0.3 is 29.2 Å². The standard InChI is InChI=1S/C17H26N3O15P3S2/c1-10(21)18-6-4-5-12-8-20(17(23)19-16(12)22)15-7-13(32-11(2)40-39-3)14(33-15)9-31-37(27,28)35-38(29,30)34-36(24,25)26/h8,11,13-15H,6-7,9H2,1-3H3,(H,18,21)(H,27,28)(H,29,30)(H,19,22,23)(H2,24,25,26)/t11-,13-,14?,15-/m1/s1. The Hall–Kier alpha value is -1.26. The second-order valence-electron chi connectivity index (χ2n) is 7.68. The highest BCUT2D eigenvalue weighted by atomic mass is 33.1. The first kappa shape index (κ1) is 34.9. The van der Waals surface area contributed by atoms with Crippen LogP contribution in [-0.4, -0.2) is 72.1 Å². The van der Waals surface area contributed by atoms with E-state index in [0.717, 1.165) is 10.8 Å². The third-order valence-corrected chi connectivity index (χ3v) is 10.3. The molecule has 0 spiro atoms. The van der Waals surface area contributed by atoms with Crippen LogP contribution in [0.25, 0.3) is 0 Å². The van der Waals surface area contributed by atoms with E-state index in [1.54, 1.807) is 13.2 Å². The summed E-state index contributed by atoms with van der Waals surface area (Å²) in [7, 11) is -14.1. The maximum atomic E-state index is 12.5. The first-order chi connectivity index (χ1) is 18.4. The number of hydrogen-bond donors (Lipinski definition) is 6. The van der Waals surface area contributed by atoms with E-state index < -0.39 is 65.2 Å². The Labute approximate surface area is 234 Å². The lowest BCUT2D eigenvalue weighted by Crippen LogP contribution is -2.33. The van der Waals surface area contributed by atoms with Crippen molar-refractivity contribution in [3.05, 3.63) is 32.6 Å². The summed E-state index contributed by atoms with van der Waals surface area (Å²) in [5.41, 5.74) is -2.24. The lowest BCUT2D eigenvalue weighted by atomic mass is 10.2. The summed E-state index contributed by atoms with van der Waals surface area (Å²) in [5.74, 6) is 4.74. The fraction of sp³-hybridized carbons (Fsp3) is 0.588. The second kappa shape index (κ2) is 14.8. The Kier molecular flexibility index (Phi) is 12.9. The number of amides is 1. The van der Waals surface area contributed by atoms with E-state index in [4.69, 9.17) is 19.3 Å². The number of carbonyl (C=O) groups is 1. The molecule has 1 amide bonds. The molecule has 2 rings (SSSR count). The monoisotopic (exact) mass is 669 g/mol. The van der Waals surface area contributed by atoms with Crippen molar-refractivity contribution in [2.24, 2.45) is 0 Å². The van der Waals surface area contributed by atoms with Gasteiger partial charge in [-0.05, 0) is 13.2 Å². The highest BCUT2D eigenvalue weighted by molar-refractivity contribution is 8.76. The Morgan fingerprint density at radius 3 is 2.52 bits per heavy atom. The van der Waals surface area contributed by atoms with Crippen LogP contribution in [0.2, 0.25) is 0 Å². The van der Waals surface area contributed by atoms with Gasteiger partial charge in [-0.25, -0.2) is 18.5 Å². The van der Waals surface area contributed by atoms with Crippen molar-refractivity contribution < 1.29 is 60.7 Å². The van der Waals surface area contributed by atoms with Crippen LogP contribution >= 0.6 is 45.1 Å². The van der Waals surface area contributed by atoms with Gasteiger partial charge in [0.1, 0.15) is 23.3 Å². The van der Waals surface area contributed by atoms with E-state index in [9.17, 15) is 37.9 Å². The van der Waals surface area contributed by atoms with Gasteiger partial charge in [-0.2, -0.15) is 8.62 Å². The number of phosphoric acid groups is 3. The molecule has 0 saturated carbocycles. The van der Waals surface area contributed by atoms with E-state index in [0.29, 0.717) is 0 Å². The largest absolute Gasteiger partial charge is 0.490 e. The van der Waals surface area contributed by atoms with Crippen molar-refractivity contribution >= 4 is 51.0 Å². The lowest BCUT2D eigenvalue weighted by Gasteiger charge is -2.23. The van der Waals surface area contributed by atoms with Gasteiger partial charge in [0, 0.05) is 19.5 Å². The molecule has 18 nitrogen and oxygen atoms in total. The molecule has 40 heavy (non-hydrogen) atoms. The molecule has 6 N–H and O–H groups in total. The fourth-order valence-corrected chi connectivity index (χ4v) is 7.57. The SMILES string of the molecule is CSS[C@H](C)O[C@@H]1C[C@H](n2cc(C#CCNC(C)=O)c(=O)[nH]c2=O)OC1COP(=O)(O)OP(=O)(O)OP(=O)(O)O. The van der Waals surface area contributed by atoms with Gasteiger partial charge in [-0.3, -0.25) is 23.7 Å². The van der Waals surface area contributed by atoms with E-state index in [-0.39, 0.29) is 24.4 Å². The fourth-order valence-electron chi connectivity index (χ4n) is 3.14. The maximum Gasteiger partial charge on any atom is 0.490 e. The minimum atomic E-state index is -5.73. The molecule has 0 aromatic carbocycles. The molecule has 1 aromatic rings. The van der Waals surface area contributed by atoms with Crippen LogP contribution in [0.1, 0.15) is 32.1 Å². The molecule has 23 heteroatoms. The van der Waals surface area contributed by atoms with Gasteiger partial charge in [0.25, 0.3) is 5.56 Å². The van der Waals surface area contributed by atoms with E-state index in [2.05, 4.69) is 35.3 Å². The van der Waals surface area contributed by atoms with Crippen LogP contribution in [-0.2, 0) is 41.1 Å². The average molecular weight is 669 g/mol. The number of hydrogen-bond acceptors (Lipinski definition) is 13. The summed E-state index contributed by atoms with van der Waals surface area (Å²) in [6, 6.07) is 0. The molecule has 0 radical (unpaired) electrons. The molecular weight excluding hydrogens is 643 g/mol. The lowest BCUT2D eigenvalue weighted by molar-refractivity contribution is -0.118. The van der Waals surface area contributed by atoms with Crippen LogP contribution in [0.15, 0.2) is 15.8 Å². The molecule has 0 aliphatic carbocycles. The average Bonchev–Trinajstić information content (AvgIpc) is 3.16. The van der Waals surface area contributed by atoms with Crippen LogP contribution in [0.4, 0.5) is 0 Å². The van der Waals surface area contributed by atoms with Crippen molar-refractivity contribution in [3.8, 4) is 11.8 Å². The summed E-state index contributed by atoms with van der Waals surface area (Å²) in [4.78, 5) is 74.2. The topological polar surface area (TPSA) is 262 Å². The third-order valence-electron chi connectivity index (χ3n) is 4.52. The predicted octanol–water partition coefficient (Wildman–Crippen LogP) is 0.397. The van der Waals surface area contributed by atoms with Crippen molar-refractivity contribution in [1.29, 1.82) is 0 Å². The molecule has 0 bridgehead atoms. The van der Waals surface area contributed by atoms with Gasteiger partial charge in [-0.1, -0.05) is 33.4 Å². The summed E-state index contributed by atoms with van der Waals surface area (Å²) in [6.07, 6.45) is -0.304. The van der Waals surface area contributed by atoms with Gasteiger partial charge in [0.05, 0.1) is 19.3 Å². The minimum absolute atomic E-state index is 0.0333. The van der Waals surface area contributed by atoms with Crippen molar-refractivity contribution in [3.63, 3.8) is 0 Å². The number of H-pyrrole nitrogens is 1. The molecule has 6 atom stereocenters. The van der Waals surface area contributed by atoms with E-state index in [1.807, 2.05) is 0 Å². The first-order valence-electron chi connectivity index (χ1n) is 10.8. The Morgan fingerprint density at radius 1 is 1.25 bits per heavy atom. The van der Waals surface area contributed by atoms with Crippen molar-refractivity contribution in [2.45, 2.75) is 44.1 Å². The Morgan fingerprint density at radius 2 is 1.93 bits per heavy atom. The van der Waals surface area contributed by atoms with Gasteiger partial charge in [0.15, 0.2) is 0 Å². The van der Waals surface area contributed by atoms with Gasteiger partial charge in [-0.15, -0.1) is 0 Å². The van der Waals surface area contributed by atoms with Crippen molar-refractivity contribution in [1.82, 2.24) is 14.9 Å². The first-order valence-corrected chi connectivity index (χ1v) is 17.9. The summed E-state index contributed by atoms with van der Waals surface area (Å²) in [6.45, 7) is 2.10. The van der Waals surface area contributed by atoms with Crippen LogP contribution in [0.5, 0.6) is 0 Å². The number of phosphoric ester groups is 1. The molecule has 3 unspecified atom stereocenters. The smallest absolute Gasteiger partial charge is 0.361 e. The quantitative estimate of drug-likeness (QED) is 0.0718. The molecule has 1 aliphatic rings. The Balaban J connectivity index is 2.26. The summed E-state index contributed by atoms with van der Waals surface area (Å²) < 4.78 is 59.3. The Bertz CT molecular complexity index is 1390. The number of ether oxygens (including phenoxy) is 2. The maximum absolute atomic E-state index is 12.5. The number of carbonyl (C=O) groups excluding carboxylic acids is 1. The van der Waals surface area contributed by atoms with E-state index >= 15 is 0 Å². The third kappa shape index (κ3) is 11.9. The van der Waals surface area contributed by atoms with Crippen LogP contribution in [0, 0.1) is 11.8 Å². The number of aromatic amines is 1. The van der Waals surface area contributed by atoms with Gasteiger partial charge in [0.2, 0.25) is 5.91 Å². The molecule has 1 aliphatic heterocycles. The second-order valence-corrected chi connectivity index (χ2v) is 14.9. The molecule has 1 fully saturated rings. The molecule has 1 saturated heterocycles. The van der Waals surface area contributed by atoms with Crippen molar-refractivity contribution in [2.75, 3.05) is 19.4 Å². The minimum Gasteiger partial charge on any atom is -0.361 e. The molecular formula is C17H26N3O15P3S2. The highest BCUT2D eigenvalue weighted by Gasteiger charge is 2.44. The van der Waals surface area contributed by atoms with Crippen LogP contribution < -0.4 is 16.6 Å². The van der Waals surface area contributed by atoms with Gasteiger partial charge < -0.3 is 34.4 Å². The van der Waals surface area contributed by atoms with Crippen LogP contribution in [0.3, 0.4) is 0 Å². The normalized spacial score (nSPS) is 22.9. The van der Waals surface area contributed by atoms with E-state index in [1.165, 1.54) is 28.5 Å². The zero-order valence-electron chi connectivity index (χ0n) is 20.9. The molecule has 2 heterocycles. The number of rotatable bonds is 13. The summed E-state index contributed by atoms with van der Waals surface area (Å²) in [5, 5.41) is 2.42. The molecule has 1 aromatic heterocycles. The summed E-state index contributed by atoms with van der Waals surface area (Å²) >= 11 is 0. The zero-order chi connectivity index (χ0) is 30.3. The highest BCUT2D eigenvalue weighted by Crippen LogP contribution is 2.66. The zero-order valence-corrected chi connectivity index (χ0v) is 25.2. The molecule has 226 valence electrons. The number of aromatic nitrogens is 2. The number of nitrogens with one attached hydrogen (secondary N) is 2. The predicted molar refractivity (Wildman–Crippen MR) is 141 cm³/mol. The number of nitrogens with zero attached hydrogens (tertiary/aromatic N) is 1.